The van der Waals surface area contributed by atoms with Gasteiger partial charge in [0.25, 0.3) is 0 Å². The molecule has 0 fully saturated rings. The van der Waals surface area contributed by atoms with E-state index < -0.39 is 15.6 Å². The summed E-state index contributed by atoms with van der Waals surface area (Å²) in [6.07, 6.45) is 0. The molecule has 0 unspecified atom stereocenters. The van der Waals surface area contributed by atoms with Gasteiger partial charge in [-0.15, -0.1) is 0 Å². The summed E-state index contributed by atoms with van der Waals surface area (Å²) in [5.74, 6) is 0. The van der Waals surface area contributed by atoms with Crippen LogP contribution in [-0.2, 0) is 15.6 Å². The van der Waals surface area contributed by atoms with E-state index in [4.69, 9.17) is 11.6 Å². The highest BCUT2D eigenvalue weighted by Crippen LogP contribution is 2.24. The molecule has 0 saturated carbocycles. The third-order valence-corrected chi connectivity index (χ3v) is 5.14. The number of aryl methyl sites for hydroxylation is 1. The van der Waals surface area contributed by atoms with Crippen molar-refractivity contribution in [1.29, 1.82) is 5.26 Å². The van der Waals surface area contributed by atoms with Gasteiger partial charge < -0.3 is 0 Å². The van der Waals surface area contributed by atoms with Crippen LogP contribution in [0.15, 0.2) is 53.4 Å². The van der Waals surface area contributed by atoms with Gasteiger partial charge in [0.05, 0.1) is 11.0 Å². The van der Waals surface area contributed by atoms with Gasteiger partial charge in [-0.1, -0.05) is 41.4 Å². The Hall–Kier alpha value is -1.87. The molecule has 0 amide bonds. The summed E-state index contributed by atoms with van der Waals surface area (Å²) in [7, 11) is -3.81. The second kappa shape index (κ2) is 6.09. The van der Waals surface area contributed by atoms with E-state index in [1.54, 1.807) is 36.4 Å². The van der Waals surface area contributed by atoms with E-state index in [1.807, 2.05) is 13.0 Å². The molecule has 0 spiro atoms. The van der Waals surface area contributed by atoms with Crippen molar-refractivity contribution >= 4 is 21.6 Å². The smallest absolute Gasteiger partial charge is 0.207 e. The minimum absolute atomic E-state index is 0.119. The van der Waals surface area contributed by atoms with Gasteiger partial charge in [-0.2, -0.15) is 9.98 Å². The minimum atomic E-state index is -3.81. The molecule has 22 heavy (non-hydrogen) atoms. The number of rotatable bonds is 4. The predicted octanol–water partition coefficient (Wildman–Crippen LogP) is 3.37. The van der Waals surface area contributed by atoms with Crippen molar-refractivity contribution in [3.05, 3.63) is 64.7 Å². The van der Waals surface area contributed by atoms with Crippen molar-refractivity contribution in [2.24, 2.45) is 0 Å². The molecular formula is C16H15ClN2O2S. The second-order valence-electron chi connectivity index (χ2n) is 5.16. The van der Waals surface area contributed by atoms with Gasteiger partial charge in [0.1, 0.15) is 5.54 Å². The second-order valence-corrected chi connectivity index (χ2v) is 7.28. The summed E-state index contributed by atoms with van der Waals surface area (Å²) in [4.78, 5) is 0.119. The lowest BCUT2D eigenvalue weighted by molar-refractivity contribution is 0.524. The third-order valence-electron chi connectivity index (χ3n) is 3.31. The maximum Gasteiger partial charge on any atom is 0.242 e. The van der Waals surface area contributed by atoms with Crippen molar-refractivity contribution in [3.8, 4) is 6.07 Å². The average Bonchev–Trinajstić information content (AvgIpc) is 2.47. The summed E-state index contributed by atoms with van der Waals surface area (Å²) < 4.78 is 27.4. The number of benzene rings is 2. The molecule has 0 aliphatic heterocycles. The Labute approximate surface area is 135 Å². The van der Waals surface area contributed by atoms with E-state index in [0.717, 1.165) is 5.56 Å². The molecule has 4 nitrogen and oxygen atoms in total. The van der Waals surface area contributed by atoms with E-state index >= 15 is 0 Å². The first-order valence-corrected chi connectivity index (χ1v) is 8.41. The van der Waals surface area contributed by atoms with Crippen LogP contribution in [-0.4, -0.2) is 8.42 Å². The molecule has 1 atom stereocenters. The Morgan fingerprint density at radius 1 is 1.09 bits per heavy atom. The molecule has 0 heterocycles. The van der Waals surface area contributed by atoms with E-state index in [-0.39, 0.29) is 4.90 Å². The molecule has 0 aromatic heterocycles. The molecule has 2 aromatic carbocycles. The van der Waals surface area contributed by atoms with Crippen LogP contribution in [0.25, 0.3) is 0 Å². The molecule has 0 aliphatic carbocycles. The van der Waals surface area contributed by atoms with Crippen LogP contribution < -0.4 is 4.72 Å². The van der Waals surface area contributed by atoms with Crippen LogP contribution in [0.4, 0.5) is 0 Å². The highest BCUT2D eigenvalue weighted by Gasteiger charge is 2.32. The number of sulfonamides is 1. The Morgan fingerprint density at radius 3 is 2.14 bits per heavy atom. The van der Waals surface area contributed by atoms with Crippen molar-refractivity contribution in [1.82, 2.24) is 4.72 Å². The number of hydrogen-bond acceptors (Lipinski definition) is 3. The van der Waals surface area contributed by atoms with Gasteiger partial charge in [0, 0.05) is 5.02 Å². The molecule has 2 aromatic rings. The van der Waals surface area contributed by atoms with Crippen molar-refractivity contribution in [2.45, 2.75) is 24.3 Å². The van der Waals surface area contributed by atoms with Crippen LogP contribution in [0.5, 0.6) is 0 Å². The van der Waals surface area contributed by atoms with Gasteiger partial charge >= 0.3 is 0 Å². The zero-order valence-corrected chi connectivity index (χ0v) is 13.7. The van der Waals surface area contributed by atoms with Crippen molar-refractivity contribution < 1.29 is 8.42 Å². The monoisotopic (exact) mass is 334 g/mol. The van der Waals surface area contributed by atoms with Crippen LogP contribution in [0.1, 0.15) is 18.1 Å². The molecule has 114 valence electrons. The average molecular weight is 335 g/mol. The Balaban J connectivity index is 2.39. The Kier molecular flexibility index (Phi) is 4.57. The van der Waals surface area contributed by atoms with E-state index in [1.165, 1.54) is 19.1 Å². The van der Waals surface area contributed by atoms with E-state index in [0.29, 0.717) is 10.6 Å². The lowest BCUT2D eigenvalue weighted by Crippen LogP contribution is -2.42. The van der Waals surface area contributed by atoms with E-state index in [2.05, 4.69) is 4.72 Å². The summed E-state index contributed by atoms with van der Waals surface area (Å²) in [6, 6.07) is 15.0. The van der Waals surface area contributed by atoms with Crippen LogP contribution >= 0.6 is 11.6 Å². The number of nitrogens with zero attached hydrogens (tertiary/aromatic N) is 1. The highest BCUT2D eigenvalue weighted by molar-refractivity contribution is 7.89. The van der Waals surface area contributed by atoms with Gasteiger partial charge in [0.15, 0.2) is 0 Å². The quantitative estimate of drug-likeness (QED) is 0.932. The summed E-state index contributed by atoms with van der Waals surface area (Å²) in [5.41, 5.74) is 0.101. The molecule has 0 aliphatic rings. The minimum Gasteiger partial charge on any atom is -0.207 e. The summed E-state index contributed by atoms with van der Waals surface area (Å²) in [5, 5.41) is 9.97. The molecule has 6 heteroatoms. The van der Waals surface area contributed by atoms with Crippen LogP contribution in [0, 0.1) is 18.3 Å². The van der Waals surface area contributed by atoms with Gasteiger partial charge in [-0.3, -0.25) is 0 Å². The molecule has 2 rings (SSSR count). The number of halogens is 1. The summed E-state index contributed by atoms with van der Waals surface area (Å²) >= 11 is 5.83. The maximum atomic E-state index is 12.5. The number of hydrogen-bond donors (Lipinski definition) is 1. The zero-order valence-electron chi connectivity index (χ0n) is 12.2. The first-order chi connectivity index (χ1) is 10.3. The molecule has 1 N–H and O–H groups in total. The van der Waals surface area contributed by atoms with E-state index in [9.17, 15) is 13.7 Å². The highest BCUT2D eigenvalue weighted by atomic mass is 35.5. The lowest BCUT2D eigenvalue weighted by Gasteiger charge is -2.23. The van der Waals surface area contributed by atoms with Crippen molar-refractivity contribution in [2.75, 3.05) is 0 Å². The fraction of sp³-hybridized carbons (Fsp3) is 0.188. The topological polar surface area (TPSA) is 70.0 Å². The molecule has 0 bridgehead atoms. The van der Waals surface area contributed by atoms with Gasteiger partial charge in [-0.25, -0.2) is 8.42 Å². The Morgan fingerprint density at radius 2 is 1.64 bits per heavy atom. The number of nitrogens with one attached hydrogen (secondary N) is 1. The van der Waals surface area contributed by atoms with Crippen molar-refractivity contribution in [3.63, 3.8) is 0 Å². The molecular weight excluding hydrogens is 320 g/mol. The van der Waals surface area contributed by atoms with Crippen LogP contribution in [0.2, 0.25) is 5.02 Å². The lowest BCUT2D eigenvalue weighted by atomic mass is 9.95. The van der Waals surface area contributed by atoms with Gasteiger partial charge in [-0.05, 0) is 43.7 Å². The number of nitriles is 1. The fourth-order valence-electron chi connectivity index (χ4n) is 1.97. The first-order valence-electron chi connectivity index (χ1n) is 6.55. The van der Waals surface area contributed by atoms with Gasteiger partial charge in [0.2, 0.25) is 10.0 Å². The predicted molar refractivity (Wildman–Crippen MR) is 85.9 cm³/mol. The SMILES string of the molecule is Cc1ccc(S(=O)(=O)N[C@](C)(C#N)c2ccc(Cl)cc2)cc1. The molecule has 0 saturated heterocycles. The van der Waals surface area contributed by atoms with Crippen LogP contribution in [0.3, 0.4) is 0 Å². The standard InChI is InChI=1S/C16H15ClN2O2S/c1-12-3-9-15(10-4-12)22(20,21)19-16(2,11-18)13-5-7-14(17)8-6-13/h3-10,19H,1-2H3/t16-/m1/s1. The largest absolute Gasteiger partial charge is 0.242 e. The summed E-state index contributed by atoms with van der Waals surface area (Å²) in [6.45, 7) is 3.39. The first kappa shape index (κ1) is 16.5. The normalized spacial score (nSPS) is 14.1. The molecule has 0 radical (unpaired) electrons. The Bertz CT molecular complexity index is 809. The fourth-order valence-corrected chi connectivity index (χ4v) is 3.41. The zero-order chi connectivity index (χ0) is 16.4. The maximum absolute atomic E-state index is 12.5. The third kappa shape index (κ3) is 3.47.